The molecule has 0 bridgehead atoms. The Bertz CT molecular complexity index is 500. The minimum absolute atomic E-state index is 0.254. The number of carbonyl (C=O) groups is 1. The van der Waals surface area contributed by atoms with Gasteiger partial charge >= 0.3 is 5.97 Å². The number of benzene rings is 1. The fraction of sp³-hybridized carbons (Fsp3) is 0.462. The van der Waals surface area contributed by atoms with Gasteiger partial charge < -0.3 is 19.7 Å². The molecule has 1 aliphatic rings. The lowest BCUT2D eigenvalue weighted by Crippen LogP contribution is -2.14. The fourth-order valence-corrected chi connectivity index (χ4v) is 2.36. The third kappa shape index (κ3) is 2.62. The molecule has 1 aliphatic heterocycles. The highest BCUT2D eigenvalue weighted by molar-refractivity contribution is 6.32. The van der Waals surface area contributed by atoms with Crippen molar-refractivity contribution in [2.45, 2.75) is 25.9 Å². The Hall–Kier alpha value is -1.46. The van der Waals surface area contributed by atoms with E-state index < -0.39 is 12.1 Å². The second-order valence-electron chi connectivity index (χ2n) is 4.23. The largest absolute Gasteiger partial charge is 0.489 e. The van der Waals surface area contributed by atoms with E-state index in [9.17, 15) is 9.90 Å². The van der Waals surface area contributed by atoms with E-state index in [-0.39, 0.29) is 10.6 Å². The number of hydrogen-bond donors (Lipinski definition) is 2. The molecule has 2 rings (SSSR count). The number of fused-ring (bicyclic) bond motifs is 1. The molecule has 2 N–H and O–H groups in total. The van der Waals surface area contributed by atoms with Crippen molar-refractivity contribution in [2.24, 2.45) is 0 Å². The Balaban J connectivity index is 2.60. The van der Waals surface area contributed by atoms with Gasteiger partial charge in [0.2, 0.25) is 0 Å². The summed E-state index contributed by atoms with van der Waals surface area (Å²) in [6.07, 6.45) is -0.377. The van der Waals surface area contributed by atoms with E-state index in [0.717, 1.165) is 6.42 Å². The zero-order chi connectivity index (χ0) is 14.0. The minimum atomic E-state index is -1.62. The van der Waals surface area contributed by atoms with Gasteiger partial charge in [-0.05, 0) is 12.5 Å². The standard InChI is InChI=1S/C13H15ClO5/c1-2-7-8(10(15)13(16)17)6-9(14)12-11(7)18-4-3-5-19-12/h6,10,15H,2-5H2,1H3,(H,16,17). The highest BCUT2D eigenvalue weighted by Crippen LogP contribution is 2.43. The lowest BCUT2D eigenvalue weighted by Gasteiger charge is -2.18. The van der Waals surface area contributed by atoms with Crippen LogP contribution in [0.5, 0.6) is 11.5 Å². The van der Waals surface area contributed by atoms with Crippen molar-refractivity contribution in [1.82, 2.24) is 0 Å². The number of carboxylic acids is 1. The van der Waals surface area contributed by atoms with E-state index in [1.54, 1.807) is 0 Å². The van der Waals surface area contributed by atoms with Gasteiger partial charge in [0.1, 0.15) is 0 Å². The van der Waals surface area contributed by atoms with Gasteiger partial charge in [0.25, 0.3) is 0 Å². The molecule has 104 valence electrons. The van der Waals surface area contributed by atoms with Crippen molar-refractivity contribution in [3.8, 4) is 11.5 Å². The van der Waals surface area contributed by atoms with Gasteiger partial charge in [-0.15, -0.1) is 0 Å². The van der Waals surface area contributed by atoms with E-state index in [1.165, 1.54) is 6.07 Å². The predicted octanol–water partition coefficient (Wildman–Crippen LogP) is 2.18. The number of aliphatic hydroxyl groups excluding tert-OH is 1. The van der Waals surface area contributed by atoms with E-state index in [4.69, 9.17) is 26.2 Å². The van der Waals surface area contributed by atoms with E-state index in [0.29, 0.717) is 36.7 Å². The van der Waals surface area contributed by atoms with Crippen LogP contribution in [-0.4, -0.2) is 29.4 Å². The molecule has 0 fully saturated rings. The van der Waals surface area contributed by atoms with Crippen molar-refractivity contribution in [3.63, 3.8) is 0 Å². The molecule has 0 saturated heterocycles. The molecular formula is C13H15ClO5. The second kappa shape index (κ2) is 5.67. The molecule has 0 saturated carbocycles. The van der Waals surface area contributed by atoms with Gasteiger partial charge in [0.05, 0.1) is 18.2 Å². The van der Waals surface area contributed by atoms with Crippen molar-refractivity contribution >= 4 is 17.6 Å². The van der Waals surface area contributed by atoms with Crippen LogP contribution in [0.4, 0.5) is 0 Å². The third-order valence-electron chi connectivity index (χ3n) is 2.99. The summed E-state index contributed by atoms with van der Waals surface area (Å²) in [7, 11) is 0. The number of rotatable bonds is 3. The van der Waals surface area contributed by atoms with E-state index >= 15 is 0 Å². The summed E-state index contributed by atoms with van der Waals surface area (Å²) in [5.74, 6) is -0.444. The molecule has 0 radical (unpaired) electrons. The molecule has 0 spiro atoms. The summed E-state index contributed by atoms with van der Waals surface area (Å²) in [6.45, 7) is 2.83. The molecule has 1 atom stereocenters. The van der Waals surface area contributed by atoms with Crippen LogP contribution >= 0.6 is 11.6 Å². The molecule has 6 heteroatoms. The smallest absolute Gasteiger partial charge is 0.337 e. The highest BCUT2D eigenvalue weighted by Gasteiger charge is 2.27. The number of aliphatic carboxylic acids is 1. The Morgan fingerprint density at radius 2 is 2.05 bits per heavy atom. The van der Waals surface area contributed by atoms with Gasteiger partial charge in [-0.3, -0.25) is 0 Å². The summed E-state index contributed by atoms with van der Waals surface area (Å²) in [4.78, 5) is 11.0. The Morgan fingerprint density at radius 3 is 2.63 bits per heavy atom. The first-order chi connectivity index (χ1) is 9.06. The molecule has 19 heavy (non-hydrogen) atoms. The van der Waals surface area contributed by atoms with Crippen LogP contribution in [-0.2, 0) is 11.2 Å². The molecule has 5 nitrogen and oxygen atoms in total. The third-order valence-corrected chi connectivity index (χ3v) is 3.27. The molecule has 0 aliphatic carbocycles. The van der Waals surface area contributed by atoms with Gasteiger partial charge in [-0.25, -0.2) is 4.79 Å². The molecule has 1 heterocycles. The second-order valence-corrected chi connectivity index (χ2v) is 4.64. The molecular weight excluding hydrogens is 272 g/mol. The lowest BCUT2D eigenvalue weighted by molar-refractivity contribution is -0.147. The average Bonchev–Trinajstić information content (AvgIpc) is 2.63. The molecule has 0 aromatic heterocycles. The van der Waals surface area contributed by atoms with Crippen molar-refractivity contribution in [2.75, 3.05) is 13.2 Å². The first kappa shape index (κ1) is 14.0. The maximum Gasteiger partial charge on any atom is 0.337 e. The van der Waals surface area contributed by atoms with Crippen LogP contribution in [0, 0.1) is 0 Å². The molecule has 0 amide bonds. The van der Waals surface area contributed by atoms with Crippen LogP contribution in [0.1, 0.15) is 30.6 Å². The molecule has 1 aromatic carbocycles. The van der Waals surface area contributed by atoms with E-state index in [2.05, 4.69) is 0 Å². The number of halogens is 1. The van der Waals surface area contributed by atoms with Crippen molar-refractivity contribution < 1.29 is 24.5 Å². The van der Waals surface area contributed by atoms with Crippen LogP contribution in [0.15, 0.2) is 6.07 Å². The molecule has 1 unspecified atom stereocenters. The number of ether oxygens (including phenoxy) is 2. The first-order valence-corrected chi connectivity index (χ1v) is 6.45. The summed E-state index contributed by atoms with van der Waals surface area (Å²) >= 11 is 6.09. The Labute approximate surface area is 115 Å². The normalized spacial score (nSPS) is 15.7. The SMILES string of the molecule is CCc1c(C(O)C(=O)O)cc(Cl)c2c1OCCCO2. The van der Waals surface area contributed by atoms with Gasteiger partial charge in [0, 0.05) is 17.5 Å². The highest BCUT2D eigenvalue weighted by atomic mass is 35.5. The summed E-state index contributed by atoms with van der Waals surface area (Å²) in [5, 5.41) is 18.9. The maximum absolute atomic E-state index is 11.0. The monoisotopic (exact) mass is 286 g/mol. The van der Waals surface area contributed by atoms with Crippen molar-refractivity contribution in [1.29, 1.82) is 0 Å². The van der Waals surface area contributed by atoms with Crippen LogP contribution in [0.25, 0.3) is 0 Å². The van der Waals surface area contributed by atoms with Gasteiger partial charge in [-0.1, -0.05) is 18.5 Å². The van der Waals surface area contributed by atoms with Crippen LogP contribution < -0.4 is 9.47 Å². The quantitative estimate of drug-likeness (QED) is 0.891. The summed E-state index contributed by atoms with van der Waals surface area (Å²) in [5.41, 5.74) is 0.875. The van der Waals surface area contributed by atoms with E-state index in [1.807, 2.05) is 6.92 Å². The average molecular weight is 287 g/mol. The minimum Gasteiger partial charge on any atom is -0.489 e. The zero-order valence-corrected chi connectivity index (χ0v) is 11.2. The lowest BCUT2D eigenvalue weighted by atomic mass is 9.98. The Kier molecular flexibility index (Phi) is 4.17. The number of carboxylic acid groups (broad SMARTS) is 1. The van der Waals surface area contributed by atoms with Gasteiger partial charge in [-0.2, -0.15) is 0 Å². The summed E-state index contributed by atoms with van der Waals surface area (Å²) in [6, 6.07) is 1.44. The topological polar surface area (TPSA) is 76.0 Å². The summed E-state index contributed by atoms with van der Waals surface area (Å²) < 4.78 is 11.1. The maximum atomic E-state index is 11.0. The Morgan fingerprint density at radius 1 is 1.42 bits per heavy atom. The zero-order valence-electron chi connectivity index (χ0n) is 10.5. The first-order valence-electron chi connectivity index (χ1n) is 6.08. The van der Waals surface area contributed by atoms with Gasteiger partial charge in [0.15, 0.2) is 17.6 Å². The van der Waals surface area contributed by atoms with Crippen molar-refractivity contribution in [3.05, 3.63) is 22.2 Å². The fourth-order valence-electron chi connectivity index (χ4n) is 2.10. The number of hydrogen-bond acceptors (Lipinski definition) is 4. The predicted molar refractivity (Wildman–Crippen MR) is 69.0 cm³/mol. The van der Waals surface area contributed by atoms with Crippen LogP contribution in [0.2, 0.25) is 5.02 Å². The van der Waals surface area contributed by atoms with Crippen LogP contribution in [0.3, 0.4) is 0 Å². The number of aliphatic hydroxyl groups is 1. The molecule has 1 aromatic rings.